The number of rotatable bonds is 3. The first-order valence-electron chi connectivity index (χ1n) is 5.46. The molecule has 2 N–H and O–H groups in total. The van der Waals surface area contributed by atoms with Crippen LogP contribution in [0, 0.1) is 0 Å². The van der Waals surface area contributed by atoms with Crippen molar-refractivity contribution >= 4 is 16.9 Å². The van der Waals surface area contributed by atoms with Crippen LogP contribution in [0.25, 0.3) is 10.9 Å². The highest BCUT2D eigenvalue weighted by atomic mass is 16.4. The number of hydrogen-bond acceptors (Lipinski definition) is 3. The van der Waals surface area contributed by atoms with Crippen molar-refractivity contribution < 1.29 is 14.3 Å². The number of carboxylic acid groups (broad SMARTS) is 1. The van der Waals surface area contributed by atoms with E-state index in [0.717, 1.165) is 22.9 Å². The molecule has 2 aromatic heterocycles. The number of aromatic nitrogens is 2. The molecule has 90 valence electrons. The van der Waals surface area contributed by atoms with Crippen molar-refractivity contribution in [3.63, 3.8) is 0 Å². The molecule has 1 aromatic carbocycles. The third-order valence-corrected chi connectivity index (χ3v) is 2.87. The first kappa shape index (κ1) is 10.6. The molecule has 0 aliphatic carbocycles. The molecule has 5 nitrogen and oxygen atoms in total. The second-order valence-corrected chi connectivity index (χ2v) is 3.97. The molecular weight excluding hydrogens is 232 g/mol. The number of H-pyrrole nitrogens is 1. The third-order valence-electron chi connectivity index (χ3n) is 2.87. The Morgan fingerprint density at radius 1 is 1.39 bits per heavy atom. The van der Waals surface area contributed by atoms with Crippen molar-refractivity contribution in [1.82, 2.24) is 9.97 Å². The highest BCUT2D eigenvalue weighted by Crippen LogP contribution is 2.21. The molecule has 3 aromatic rings. The highest BCUT2D eigenvalue weighted by molar-refractivity contribution is 5.87. The van der Waals surface area contributed by atoms with E-state index >= 15 is 0 Å². The van der Waals surface area contributed by atoms with E-state index in [1.54, 1.807) is 0 Å². The molecule has 5 heteroatoms. The van der Waals surface area contributed by atoms with Crippen LogP contribution < -0.4 is 0 Å². The van der Waals surface area contributed by atoms with Gasteiger partial charge in [0.1, 0.15) is 5.76 Å². The lowest BCUT2D eigenvalue weighted by atomic mass is 10.1. The summed E-state index contributed by atoms with van der Waals surface area (Å²) in [5, 5.41) is 10.0. The van der Waals surface area contributed by atoms with Gasteiger partial charge in [-0.1, -0.05) is 18.2 Å². The second kappa shape index (κ2) is 4.03. The molecule has 18 heavy (non-hydrogen) atoms. The van der Waals surface area contributed by atoms with Crippen LogP contribution in [0.3, 0.4) is 0 Å². The fourth-order valence-electron chi connectivity index (χ4n) is 2.02. The Morgan fingerprint density at radius 2 is 2.22 bits per heavy atom. The lowest BCUT2D eigenvalue weighted by Crippen LogP contribution is -2.01. The average molecular weight is 242 g/mol. The molecule has 0 spiro atoms. The first-order valence-corrected chi connectivity index (χ1v) is 5.46. The van der Waals surface area contributed by atoms with Crippen LogP contribution in [0.1, 0.15) is 21.8 Å². The van der Waals surface area contributed by atoms with Gasteiger partial charge in [-0.2, -0.15) is 0 Å². The molecular formula is C13H10N2O3. The van der Waals surface area contributed by atoms with Gasteiger partial charge < -0.3 is 14.5 Å². The number of para-hydroxylation sites is 1. The summed E-state index contributed by atoms with van der Waals surface area (Å²) in [5.74, 6) is -0.703. The van der Waals surface area contributed by atoms with Gasteiger partial charge in [-0.3, -0.25) is 0 Å². The van der Waals surface area contributed by atoms with Gasteiger partial charge in [-0.25, -0.2) is 9.78 Å². The van der Waals surface area contributed by atoms with Crippen molar-refractivity contribution in [3.8, 4) is 0 Å². The number of carboxylic acids is 1. The second-order valence-electron chi connectivity index (χ2n) is 3.97. The summed E-state index contributed by atoms with van der Waals surface area (Å²) < 4.78 is 5.14. The van der Waals surface area contributed by atoms with Gasteiger partial charge in [-0.15, -0.1) is 0 Å². The molecule has 0 atom stereocenters. The lowest BCUT2D eigenvalue weighted by molar-refractivity contribution is 0.0689. The lowest BCUT2D eigenvalue weighted by Gasteiger charge is -1.97. The number of hydrogen-bond donors (Lipinski definition) is 2. The number of oxazole rings is 1. The predicted octanol–water partition coefficient (Wildman–Crippen LogP) is 2.44. The van der Waals surface area contributed by atoms with Gasteiger partial charge in [-0.05, 0) is 11.6 Å². The third kappa shape index (κ3) is 1.66. The minimum absolute atomic E-state index is 0.0275. The fourth-order valence-corrected chi connectivity index (χ4v) is 2.02. The van der Waals surface area contributed by atoms with Crippen LogP contribution in [-0.4, -0.2) is 21.0 Å². The summed E-state index contributed by atoms with van der Waals surface area (Å²) in [4.78, 5) is 17.8. The topological polar surface area (TPSA) is 79.1 Å². The van der Waals surface area contributed by atoms with Gasteiger partial charge in [0, 0.05) is 23.5 Å². The van der Waals surface area contributed by atoms with Crippen LogP contribution >= 0.6 is 0 Å². The molecule has 0 bridgehead atoms. The number of benzene rings is 1. The molecule has 3 rings (SSSR count). The Morgan fingerprint density at radius 3 is 3.06 bits per heavy atom. The van der Waals surface area contributed by atoms with Gasteiger partial charge in [0.25, 0.3) is 0 Å². The minimum atomic E-state index is -1.07. The van der Waals surface area contributed by atoms with Crippen LogP contribution in [0.15, 0.2) is 41.3 Å². The van der Waals surface area contributed by atoms with Crippen LogP contribution in [0.4, 0.5) is 0 Å². The maximum absolute atomic E-state index is 10.9. The van der Waals surface area contributed by atoms with Crippen LogP contribution in [-0.2, 0) is 6.42 Å². The zero-order valence-electron chi connectivity index (χ0n) is 9.38. The molecule has 0 aliphatic rings. The molecule has 2 heterocycles. The van der Waals surface area contributed by atoms with Crippen molar-refractivity contribution in [2.45, 2.75) is 6.42 Å². The van der Waals surface area contributed by atoms with Crippen LogP contribution in [0.5, 0.6) is 0 Å². The maximum atomic E-state index is 10.9. The summed E-state index contributed by atoms with van der Waals surface area (Å²) in [6.07, 6.45) is 3.43. The van der Waals surface area contributed by atoms with E-state index in [1.807, 2.05) is 30.5 Å². The van der Waals surface area contributed by atoms with E-state index in [9.17, 15) is 4.79 Å². The maximum Gasteiger partial charge on any atom is 0.358 e. The molecule has 0 aliphatic heterocycles. The quantitative estimate of drug-likeness (QED) is 0.739. The Balaban J connectivity index is 2.02. The summed E-state index contributed by atoms with van der Waals surface area (Å²) in [6.45, 7) is 0. The standard InChI is InChI=1S/C13H10N2O3/c16-13(17)12-11(18-7-15-12)5-8-6-14-10-4-2-1-3-9(8)10/h1-4,6-7,14H,5H2,(H,16,17). The Labute approximate surface area is 102 Å². The summed E-state index contributed by atoms with van der Waals surface area (Å²) >= 11 is 0. The van der Waals surface area contributed by atoms with E-state index in [0.29, 0.717) is 12.2 Å². The summed E-state index contributed by atoms with van der Waals surface area (Å²) in [7, 11) is 0. The SMILES string of the molecule is O=C(O)c1ncoc1Cc1c[nH]c2ccccc12. The zero-order chi connectivity index (χ0) is 12.5. The number of fused-ring (bicyclic) bond motifs is 1. The molecule has 0 unspecified atom stereocenters. The van der Waals surface area contributed by atoms with Crippen molar-refractivity contribution in [1.29, 1.82) is 0 Å². The molecule has 0 amide bonds. The monoisotopic (exact) mass is 242 g/mol. The number of aromatic carboxylic acids is 1. The molecule has 0 saturated carbocycles. The number of carbonyl (C=O) groups is 1. The van der Waals surface area contributed by atoms with E-state index < -0.39 is 5.97 Å². The first-order chi connectivity index (χ1) is 8.75. The van der Waals surface area contributed by atoms with Gasteiger partial charge in [0.2, 0.25) is 0 Å². The number of aromatic amines is 1. The highest BCUT2D eigenvalue weighted by Gasteiger charge is 2.16. The summed E-state index contributed by atoms with van der Waals surface area (Å²) in [5.41, 5.74) is 1.98. The summed E-state index contributed by atoms with van der Waals surface area (Å²) in [6, 6.07) is 7.84. The number of nitrogens with zero attached hydrogens (tertiary/aromatic N) is 1. The van der Waals surface area contributed by atoms with E-state index in [-0.39, 0.29) is 5.69 Å². The smallest absolute Gasteiger partial charge is 0.358 e. The Hall–Kier alpha value is -2.56. The van der Waals surface area contributed by atoms with Gasteiger partial charge in [0.05, 0.1) is 0 Å². The fraction of sp³-hybridized carbons (Fsp3) is 0.0769. The van der Waals surface area contributed by atoms with Gasteiger partial charge in [0.15, 0.2) is 12.1 Å². The zero-order valence-corrected chi connectivity index (χ0v) is 9.38. The van der Waals surface area contributed by atoms with E-state index in [4.69, 9.17) is 9.52 Å². The molecule has 0 radical (unpaired) electrons. The Bertz CT molecular complexity index is 712. The number of nitrogens with one attached hydrogen (secondary N) is 1. The van der Waals surface area contributed by atoms with E-state index in [2.05, 4.69) is 9.97 Å². The van der Waals surface area contributed by atoms with Crippen molar-refractivity contribution in [2.24, 2.45) is 0 Å². The predicted molar refractivity (Wildman–Crippen MR) is 64.6 cm³/mol. The van der Waals surface area contributed by atoms with Gasteiger partial charge >= 0.3 is 5.97 Å². The minimum Gasteiger partial charge on any atom is -0.476 e. The molecule has 0 fully saturated rings. The normalized spacial score (nSPS) is 10.9. The van der Waals surface area contributed by atoms with Crippen molar-refractivity contribution in [3.05, 3.63) is 53.9 Å². The van der Waals surface area contributed by atoms with Crippen LogP contribution in [0.2, 0.25) is 0 Å². The Kier molecular flexibility index (Phi) is 2.37. The molecule has 0 saturated heterocycles. The largest absolute Gasteiger partial charge is 0.476 e. The van der Waals surface area contributed by atoms with E-state index in [1.165, 1.54) is 0 Å². The van der Waals surface area contributed by atoms with Crippen molar-refractivity contribution in [2.75, 3.05) is 0 Å². The average Bonchev–Trinajstić information content (AvgIpc) is 2.97.